The number of piperidine rings is 3. The van der Waals surface area contributed by atoms with E-state index in [-0.39, 0.29) is 28.7 Å². The van der Waals surface area contributed by atoms with Crippen molar-refractivity contribution in [2.24, 2.45) is 5.92 Å². The molecule has 3 aromatic rings. The third-order valence-corrected chi connectivity index (χ3v) is 8.41. The fraction of sp³-hybridized carbons (Fsp3) is 0.333. The monoisotopic (exact) mass is 611 g/mol. The predicted octanol–water partition coefficient (Wildman–Crippen LogP) is 3.42. The van der Waals surface area contributed by atoms with E-state index in [9.17, 15) is 18.4 Å². The number of rotatable bonds is 7. The van der Waals surface area contributed by atoms with E-state index in [1.807, 2.05) is 0 Å². The number of benzene rings is 2. The highest BCUT2D eigenvalue weighted by Crippen LogP contribution is 2.37. The Balaban J connectivity index is 0.00000320. The van der Waals surface area contributed by atoms with Gasteiger partial charge in [0.05, 0.1) is 22.3 Å². The Labute approximate surface area is 233 Å². The minimum absolute atomic E-state index is 0. The number of hydrogen-bond acceptors (Lipinski definition) is 5. The van der Waals surface area contributed by atoms with Crippen LogP contribution in [0.2, 0.25) is 4.34 Å². The van der Waals surface area contributed by atoms with Crippen LogP contribution in [0.3, 0.4) is 0 Å². The molecule has 0 amide bonds. The van der Waals surface area contributed by atoms with Gasteiger partial charge in [0.25, 0.3) is 0 Å². The zero-order chi connectivity index (χ0) is 25.3. The van der Waals surface area contributed by atoms with Gasteiger partial charge in [-0.3, -0.25) is 4.79 Å². The van der Waals surface area contributed by atoms with Gasteiger partial charge in [0.2, 0.25) is 5.78 Å². The summed E-state index contributed by atoms with van der Waals surface area (Å²) >= 11 is 7.27. The number of halogens is 4. The summed E-state index contributed by atoms with van der Waals surface area (Å²) in [6.07, 6.45) is -0.651. The van der Waals surface area contributed by atoms with E-state index in [4.69, 9.17) is 21.1 Å². The molecule has 1 aromatic heterocycles. The first-order valence-electron chi connectivity index (χ1n) is 11.8. The maximum absolute atomic E-state index is 13.9. The normalized spacial score (nSPS) is 22.4. The summed E-state index contributed by atoms with van der Waals surface area (Å²) in [7, 11) is 0. The molecular weight excluding hydrogens is 588 g/mol. The van der Waals surface area contributed by atoms with Gasteiger partial charge >= 0.3 is 6.16 Å². The van der Waals surface area contributed by atoms with Crippen molar-refractivity contribution in [3.63, 3.8) is 0 Å². The van der Waals surface area contributed by atoms with Crippen LogP contribution in [-0.4, -0.2) is 48.7 Å². The first kappa shape index (κ1) is 27.7. The van der Waals surface area contributed by atoms with Gasteiger partial charge in [-0.2, -0.15) is 0 Å². The van der Waals surface area contributed by atoms with Crippen molar-refractivity contribution in [3.05, 3.63) is 92.6 Å². The second-order valence-corrected chi connectivity index (χ2v) is 11.2. The SMILES string of the molecule is O=C(OC(c1cccc(F)c1)c1cccc(F)c1)O[C@H]1C[N+]2(CC(=O)c3ccc(Cl)s3)CCC1CC2.[Br-]. The zero-order valence-corrected chi connectivity index (χ0v) is 22.9. The molecule has 3 aliphatic heterocycles. The summed E-state index contributed by atoms with van der Waals surface area (Å²) in [4.78, 5) is 26.5. The Kier molecular flexibility index (Phi) is 8.68. The van der Waals surface area contributed by atoms with Crippen LogP contribution >= 0.6 is 22.9 Å². The van der Waals surface area contributed by atoms with Crippen molar-refractivity contribution in [2.45, 2.75) is 25.0 Å². The molecule has 5 nitrogen and oxygen atoms in total. The van der Waals surface area contributed by atoms with Crippen LogP contribution in [0.5, 0.6) is 0 Å². The fourth-order valence-electron chi connectivity index (χ4n) is 5.34. The molecule has 3 aliphatic rings. The maximum Gasteiger partial charge on any atom is 0.509 e. The Bertz CT molecular complexity index is 1240. The molecule has 3 saturated heterocycles. The zero-order valence-electron chi connectivity index (χ0n) is 19.7. The number of carbonyl (C=O) groups is 2. The Morgan fingerprint density at radius 1 is 1.00 bits per heavy atom. The minimum atomic E-state index is -1.03. The van der Waals surface area contributed by atoms with Gasteiger partial charge in [-0.1, -0.05) is 35.9 Å². The lowest BCUT2D eigenvalue weighted by molar-refractivity contribution is -0.938. The van der Waals surface area contributed by atoms with Gasteiger partial charge in [-0.15, -0.1) is 11.3 Å². The number of carbonyl (C=O) groups excluding carboxylic acids is 2. The summed E-state index contributed by atoms with van der Waals surface area (Å²) in [6.45, 7) is 2.54. The van der Waals surface area contributed by atoms with E-state index in [0.29, 0.717) is 37.9 Å². The van der Waals surface area contributed by atoms with E-state index in [0.717, 1.165) is 25.9 Å². The number of hydrogen-bond donors (Lipinski definition) is 0. The first-order chi connectivity index (χ1) is 17.3. The molecule has 37 heavy (non-hydrogen) atoms. The lowest BCUT2D eigenvalue weighted by Gasteiger charge is -2.51. The number of quaternary nitrogens is 1. The summed E-state index contributed by atoms with van der Waals surface area (Å²) in [5, 5.41) is 0. The van der Waals surface area contributed by atoms with Crippen LogP contribution in [0.15, 0.2) is 60.7 Å². The number of ether oxygens (including phenoxy) is 2. The lowest BCUT2D eigenvalue weighted by atomic mass is 9.83. The molecule has 0 saturated carbocycles. The number of Topliss-reactive ketones (excluding diaryl/α,β-unsaturated/α-hetero) is 1. The van der Waals surface area contributed by atoms with Crippen LogP contribution in [0.1, 0.15) is 39.7 Å². The van der Waals surface area contributed by atoms with Gasteiger partial charge in [0.1, 0.15) is 24.7 Å². The Hall–Kier alpha value is -2.33. The van der Waals surface area contributed by atoms with Gasteiger partial charge < -0.3 is 30.9 Å². The molecule has 3 fully saturated rings. The molecule has 6 rings (SSSR count). The van der Waals surface area contributed by atoms with E-state index in [1.54, 1.807) is 24.3 Å². The van der Waals surface area contributed by atoms with E-state index in [2.05, 4.69) is 0 Å². The highest BCUT2D eigenvalue weighted by molar-refractivity contribution is 7.18. The second kappa shape index (κ2) is 11.6. The molecular formula is C27H25BrClF2NO4S. The standard InChI is InChI=1S/C27H25ClF2NO4S.BrH/c28-25-8-7-24(36-25)22(32)15-31-11-9-17(10-12-31)23(16-31)34-27(33)35-26(18-3-1-5-20(29)13-18)19-4-2-6-21(30)14-19;/h1-8,13-14,17,23,26H,9-12,15-16H2;1H/q+1;/p-1/t17?,23-,31?;/m0./s1. The van der Waals surface area contributed by atoms with Crippen molar-refractivity contribution in [1.29, 1.82) is 0 Å². The minimum Gasteiger partial charge on any atom is -1.00 e. The van der Waals surface area contributed by atoms with Crippen LogP contribution in [0.25, 0.3) is 0 Å². The third-order valence-electron chi connectivity index (χ3n) is 7.13. The van der Waals surface area contributed by atoms with Crippen molar-refractivity contribution >= 4 is 34.9 Å². The molecule has 0 N–H and O–H groups in total. The Morgan fingerprint density at radius 3 is 2.16 bits per heavy atom. The highest BCUT2D eigenvalue weighted by atomic mass is 79.9. The third kappa shape index (κ3) is 6.39. The van der Waals surface area contributed by atoms with E-state index in [1.165, 1.54) is 47.7 Å². The summed E-state index contributed by atoms with van der Waals surface area (Å²) in [5.41, 5.74) is 0.741. The number of ketones is 1. The smallest absolute Gasteiger partial charge is 0.509 e. The van der Waals surface area contributed by atoms with Gasteiger partial charge in [-0.05, 0) is 36.4 Å². The topological polar surface area (TPSA) is 52.6 Å². The molecule has 0 spiro atoms. The molecule has 4 heterocycles. The van der Waals surface area contributed by atoms with Crippen LogP contribution in [0.4, 0.5) is 13.6 Å². The van der Waals surface area contributed by atoms with Crippen molar-refractivity contribution < 1.29 is 49.3 Å². The molecule has 196 valence electrons. The van der Waals surface area contributed by atoms with Crippen LogP contribution in [0, 0.1) is 17.6 Å². The van der Waals surface area contributed by atoms with Crippen LogP contribution in [-0.2, 0) is 9.47 Å². The molecule has 10 heteroatoms. The molecule has 1 atom stereocenters. The number of thiophene rings is 1. The molecule has 2 aromatic carbocycles. The molecule has 0 unspecified atom stereocenters. The predicted molar refractivity (Wildman–Crippen MR) is 132 cm³/mol. The Morgan fingerprint density at radius 2 is 1.62 bits per heavy atom. The average molecular weight is 613 g/mol. The average Bonchev–Trinajstić information content (AvgIpc) is 3.29. The van der Waals surface area contributed by atoms with Crippen LogP contribution < -0.4 is 17.0 Å². The molecule has 0 radical (unpaired) electrons. The quantitative estimate of drug-likeness (QED) is 0.233. The second-order valence-electron chi connectivity index (χ2n) is 9.51. The summed E-state index contributed by atoms with van der Waals surface area (Å²) in [5.74, 6) is -0.769. The number of nitrogens with zero attached hydrogens (tertiary/aromatic N) is 1. The van der Waals surface area contributed by atoms with Crippen molar-refractivity contribution in [1.82, 2.24) is 0 Å². The largest absolute Gasteiger partial charge is 1.00 e. The molecule has 0 aliphatic carbocycles. The number of fused-ring (bicyclic) bond motifs is 3. The fourth-order valence-corrected chi connectivity index (χ4v) is 6.31. The summed E-state index contributed by atoms with van der Waals surface area (Å²) < 4.78 is 40.4. The van der Waals surface area contributed by atoms with Gasteiger partial charge in [-0.25, -0.2) is 13.6 Å². The first-order valence-corrected chi connectivity index (χ1v) is 13.0. The maximum atomic E-state index is 13.9. The van der Waals surface area contributed by atoms with Crippen molar-refractivity contribution in [2.75, 3.05) is 26.2 Å². The van der Waals surface area contributed by atoms with Gasteiger partial charge in [0.15, 0.2) is 12.2 Å². The lowest BCUT2D eigenvalue weighted by Crippen LogP contribution is -3.00. The summed E-state index contributed by atoms with van der Waals surface area (Å²) in [6, 6.07) is 14.8. The van der Waals surface area contributed by atoms with E-state index < -0.39 is 30.0 Å². The van der Waals surface area contributed by atoms with E-state index >= 15 is 0 Å². The van der Waals surface area contributed by atoms with Gasteiger partial charge in [0, 0.05) is 29.9 Å². The molecule has 2 bridgehead atoms. The van der Waals surface area contributed by atoms with Crippen molar-refractivity contribution in [3.8, 4) is 0 Å². The highest BCUT2D eigenvalue weighted by Gasteiger charge is 2.49.